The van der Waals surface area contributed by atoms with Crippen molar-refractivity contribution in [2.45, 2.75) is 0 Å². The first kappa shape index (κ1) is 15.0. The molecule has 2 rings (SSSR count). The van der Waals surface area contributed by atoms with Gasteiger partial charge in [0, 0.05) is 7.11 Å². The Kier molecular flexibility index (Phi) is 5.28. The highest BCUT2D eigenvalue weighted by Crippen LogP contribution is 2.28. The van der Waals surface area contributed by atoms with Gasteiger partial charge in [0.25, 0.3) is 0 Å². The molecule has 1 aromatic heterocycles. The molecule has 0 atom stereocenters. The van der Waals surface area contributed by atoms with Crippen LogP contribution in [0.3, 0.4) is 0 Å². The van der Waals surface area contributed by atoms with E-state index in [1.165, 1.54) is 14.2 Å². The minimum absolute atomic E-state index is 0.184. The second-order valence-electron chi connectivity index (χ2n) is 3.97. The molecule has 7 nitrogen and oxygen atoms in total. The molecule has 0 bridgehead atoms. The van der Waals surface area contributed by atoms with E-state index in [4.69, 9.17) is 18.9 Å². The summed E-state index contributed by atoms with van der Waals surface area (Å²) < 4.78 is 20.8. The van der Waals surface area contributed by atoms with Gasteiger partial charge in [-0.3, -0.25) is 0 Å². The maximum absolute atomic E-state index is 5.67. The fourth-order valence-electron chi connectivity index (χ4n) is 1.65. The molecule has 1 heterocycles. The van der Waals surface area contributed by atoms with Gasteiger partial charge in [0.15, 0.2) is 5.82 Å². The zero-order valence-electron chi connectivity index (χ0n) is 12.2. The summed E-state index contributed by atoms with van der Waals surface area (Å²) >= 11 is 0. The second kappa shape index (κ2) is 7.39. The molecular weight excluding hydrogens is 274 g/mol. The SMILES string of the molecule is COCCOc1ccccc1-c1nc(OC)nc(OC)n1. The Morgan fingerprint density at radius 3 is 2.14 bits per heavy atom. The number of ether oxygens (including phenoxy) is 4. The topological polar surface area (TPSA) is 75.6 Å². The smallest absolute Gasteiger partial charge is 0.322 e. The fourth-order valence-corrected chi connectivity index (χ4v) is 1.65. The number of hydrogen-bond donors (Lipinski definition) is 0. The molecule has 2 aromatic rings. The predicted molar refractivity (Wildman–Crippen MR) is 75.7 cm³/mol. The van der Waals surface area contributed by atoms with Gasteiger partial charge in [-0.05, 0) is 12.1 Å². The molecule has 0 radical (unpaired) electrons. The molecule has 0 amide bonds. The largest absolute Gasteiger partial charge is 0.490 e. The molecule has 0 saturated carbocycles. The van der Waals surface area contributed by atoms with Crippen molar-refractivity contribution in [3.63, 3.8) is 0 Å². The van der Waals surface area contributed by atoms with E-state index in [9.17, 15) is 0 Å². The van der Waals surface area contributed by atoms with Crippen molar-refractivity contribution in [3.8, 4) is 29.2 Å². The molecule has 112 valence electrons. The lowest BCUT2D eigenvalue weighted by Crippen LogP contribution is -2.06. The van der Waals surface area contributed by atoms with Crippen molar-refractivity contribution in [2.24, 2.45) is 0 Å². The maximum atomic E-state index is 5.67. The number of aromatic nitrogens is 3. The highest BCUT2D eigenvalue weighted by Gasteiger charge is 2.13. The Balaban J connectivity index is 2.36. The van der Waals surface area contributed by atoms with Gasteiger partial charge in [-0.1, -0.05) is 12.1 Å². The number of para-hydroxylation sites is 1. The van der Waals surface area contributed by atoms with Crippen LogP contribution in [0.1, 0.15) is 0 Å². The normalized spacial score (nSPS) is 10.2. The number of hydrogen-bond acceptors (Lipinski definition) is 7. The lowest BCUT2D eigenvalue weighted by molar-refractivity contribution is 0.146. The van der Waals surface area contributed by atoms with Crippen LogP contribution in [0.4, 0.5) is 0 Å². The molecule has 0 saturated heterocycles. The van der Waals surface area contributed by atoms with E-state index in [-0.39, 0.29) is 12.0 Å². The number of rotatable bonds is 7. The molecule has 7 heteroatoms. The third-order valence-electron chi connectivity index (χ3n) is 2.63. The van der Waals surface area contributed by atoms with Crippen LogP contribution in [0.5, 0.6) is 17.8 Å². The highest BCUT2D eigenvalue weighted by molar-refractivity contribution is 5.64. The fraction of sp³-hybridized carbons (Fsp3) is 0.357. The zero-order chi connectivity index (χ0) is 15.1. The maximum Gasteiger partial charge on any atom is 0.322 e. The standard InChI is InChI=1S/C14H17N3O4/c1-18-8-9-21-11-7-5-4-6-10(11)12-15-13(19-2)17-14(16-12)20-3/h4-7H,8-9H2,1-3H3. The number of benzene rings is 1. The Morgan fingerprint density at radius 2 is 1.52 bits per heavy atom. The number of nitrogens with zero attached hydrogens (tertiary/aromatic N) is 3. The summed E-state index contributed by atoms with van der Waals surface area (Å²) in [4.78, 5) is 12.4. The van der Waals surface area contributed by atoms with Crippen LogP contribution in [-0.2, 0) is 4.74 Å². The lowest BCUT2D eigenvalue weighted by atomic mass is 10.2. The minimum Gasteiger partial charge on any atom is -0.490 e. The molecule has 0 aliphatic rings. The third-order valence-corrected chi connectivity index (χ3v) is 2.63. The Bertz CT molecular complexity index is 570. The molecule has 0 spiro atoms. The van der Waals surface area contributed by atoms with Crippen molar-refractivity contribution < 1.29 is 18.9 Å². The van der Waals surface area contributed by atoms with E-state index in [0.717, 1.165) is 5.56 Å². The Hall–Kier alpha value is -2.41. The van der Waals surface area contributed by atoms with Gasteiger partial charge >= 0.3 is 12.0 Å². The molecule has 0 fully saturated rings. The molecule has 1 aromatic carbocycles. The molecule has 0 unspecified atom stereocenters. The summed E-state index contributed by atoms with van der Waals surface area (Å²) in [5.41, 5.74) is 0.729. The van der Waals surface area contributed by atoms with Crippen molar-refractivity contribution in [1.29, 1.82) is 0 Å². The third kappa shape index (κ3) is 3.79. The zero-order valence-corrected chi connectivity index (χ0v) is 12.2. The first-order valence-corrected chi connectivity index (χ1v) is 6.33. The van der Waals surface area contributed by atoms with Crippen LogP contribution < -0.4 is 14.2 Å². The summed E-state index contributed by atoms with van der Waals surface area (Å²) in [6.45, 7) is 0.936. The summed E-state index contributed by atoms with van der Waals surface area (Å²) in [7, 11) is 4.59. The summed E-state index contributed by atoms with van der Waals surface area (Å²) in [6.07, 6.45) is 0. The van der Waals surface area contributed by atoms with Crippen LogP contribution in [-0.4, -0.2) is 49.5 Å². The highest BCUT2D eigenvalue weighted by atomic mass is 16.5. The van der Waals surface area contributed by atoms with Gasteiger partial charge in [0.2, 0.25) is 0 Å². The average Bonchev–Trinajstić information content (AvgIpc) is 2.55. The van der Waals surface area contributed by atoms with E-state index in [0.29, 0.717) is 24.8 Å². The summed E-state index contributed by atoms with van der Waals surface area (Å²) in [5.74, 6) is 1.08. The van der Waals surface area contributed by atoms with Crippen LogP contribution >= 0.6 is 0 Å². The molecule has 0 N–H and O–H groups in total. The van der Waals surface area contributed by atoms with Crippen molar-refractivity contribution in [3.05, 3.63) is 24.3 Å². The quantitative estimate of drug-likeness (QED) is 0.717. The van der Waals surface area contributed by atoms with Crippen molar-refractivity contribution in [2.75, 3.05) is 34.5 Å². The van der Waals surface area contributed by atoms with E-state index in [2.05, 4.69) is 15.0 Å². The van der Waals surface area contributed by atoms with Crippen LogP contribution in [0.15, 0.2) is 24.3 Å². The predicted octanol–water partition coefficient (Wildman–Crippen LogP) is 1.58. The molecule has 21 heavy (non-hydrogen) atoms. The van der Waals surface area contributed by atoms with Gasteiger partial charge in [-0.15, -0.1) is 4.98 Å². The minimum atomic E-state index is 0.184. The Morgan fingerprint density at radius 1 is 0.857 bits per heavy atom. The van der Waals surface area contributed by atoms with Gasteiger partial charge in [0.1, 0.15) is 12.4 Å². The summed E-state index contributed by atoms with van der Waals surface area (Å²) in [6, 6.07) is 7.82. The first-order valence-electron chi connectivity index (χ1n) is 6.33. The monoisotopic (exact) mass is 291 g/mol. The van der Waals surface area contributed by atoms with Gasteiger partial charge in [-0.25, -0.2) is 0 Å². The number of methoxy groups -OCH3 is 3. The van der Waals surface area contributed by atoms with E-state index in [1.807, 2.05) is 24.3 Å². The lowest BCUT2D eigenvalue weighted by Gasteiger charge is -2.11. The average molecular weight is 291 g/mol. The molecule has 0 aliphatic heterocycles. The molecule has 0 aliphatic carbocycles. The van der Waals surface area contributed by atoms with Crippen molar-refractivity contribution >= 4 is 0 Å². The molecular formula is C14H17N3O4. The van der Waals surface area contributed by atoms with Crippen LogP contribution in [0.2, 0.25) is 0 Å². The Labute approximate surface area is 122 Å². The van der Waals surface area contributed by atoms with E-state index < -0.39 is 0 Å². The van der Waals surface area contributed by atoms with Gasteiger partial charge in [0.05, 0.1) is 26.4 Å². The summed E-state index contributed by atoms with van der Waals surface area (Å²) in [5, 5.41) is 0. The van der Waals surface area contributed by atoms with Crippen molar-refractivity contribution in [1.82, 2.24) is 15.0 Å². The first-order chi connectivity index (χ1) is 10.3. The van der Waals surface area contributed by atoms with Crippen LogP contribution in [0.25, 0.3) is 11.4 Å². The van der Waals surface area contributed by atoms with E-state index >= 15 is 0 Å². The van der Waals surface area contributed by atoms with Gasteiger partial charge in [-0.2, -0.15) is 9.97 Å². The van der Waals surface area contributed by atoms with Crippen LogP contribution in [0, 0.1) is 0 Å². The second-order valence-corrected chi connectivity index (χ2v) is 3.97. The van der Waals surface area contributed by atoms with E-state index in [1.54, 1.807) is 7.11 Å². The van der Waals surface area contributed by atoms with Gasteiger partial charge < -0.3 is 18.9 Å².